The van der Waals surface area contributed by atoms with Gasteiger partial charge in [0.05, 0.1) is 12.3 Å². The van der Waals surface area contributed by atoms with Gasteiger partial charge in [0, 0.05) is 19.1 Å². The van der Waals surface area contributed by atoms with Crippen LogP contribution >= 0.6 is 0 Å². The number of nitrogens with two attached hydrogens (primary N) is 1. The average Bonchev–Trinajstić information content (AvgIpc) is 2.34. The molecule has 0 radical (unpaired) electrons. The maximum Gasteiger partial charge on any atom is 0.234 e. The molecule has 7 heteroatoms. The van der Waals surface area contributed by atoms with Crippen molar-refractivity contribution in [3.05, 3.63) is 0 Å². The second-order valence-corrected chi connectivity index (χ2v) is 7.20. The van der Waals surface area contributed by atoms with E-state index in [0.717, 1.165) is 12.8 Å². The monoisotopic (exact) mass is 291 g/mol. The van der Waals surface area contributed by atoms with Crippen molar-refractivity contribution in [2.45, 2.75) is 45.2 Å². The number of amides is 1. The van der Waals surface area contributed by atoms with Gasteiger partial charge in [0.2, 0.25) is 15.9 Å². The van der Waals surface area contributed by atoms with Gasteiger partial charge in [0.1, 0.15) is 0 Å². The molecule has 1 saturated heterocycles. The van der Waals surface area contributed by atoms with E-state index in [1.807, 2.05) is 13.8 Å². The summed E-state index contributed by atoms with van der Waals surface area (Å²) < 4.78 is 24.7. The number of rotatable bonds is 6. The summed E-state index contributed by atoms with van der Waals surface area (Å²) in [7, 11) is -3.13. The minimum Gasteiger partial charge on any atom is -0.368 e. The van der Waals surface area contributed by atoms with Crippen molar-refractivity contribution in [1.82, 2.24) is 9.62 Å². The number of hydrogen-bond acceptors (Lipinski definition) is 4. The van der Waals surface area contributed by atoms with Gasteiger partial charge < -0.3 is 11.1 Å². The molecule has 1 rings (SSSR count). The molecule has 1 fully saturated rings. The molecule has 0 aromatic heterocycles. The Balaban J connectivity index is 2.69. The van der Waals surface area contributed by atoms with Gasteiger partial charge in [-0.2, -0.15) is 0 Å². The summed E-state index contributed by atoms with van der Waals surface area (Å²) in [6, 6.07) is -0.177. The Labute approximate surface area is 115 Å². The molecule has 19 heavy (non-hydrogen) atoms. The van der Waals surface area contributed by atoms with E-state index in [-0.39, 0.29) is 23.9 Å². The third-order valence-electron chi connectivity index (χ3n) is 3.86. The minimum atomic E-state index is -3.13. The predicted octanol–water partition coefficient (Wildman–Crippen LogP) is -0.1000. The molecule has 112 valence electrons. The smallest absolute Gasteiger partial charge is 0.234 e. The first-order valence-electron chi connectivity index (χ1n) is 6.80. The Hall–Kier alpha value is -0.660. The standard InChI is InChI=1S/C12H25N3O3S/c1-4-9-8-15(19(3,17)18)7-6-11(9)14-10(5-2)12(13)16/h9-11,14H,4-8H2,1-3H3,(H2,13,16)/t9-,10+,11+/m1/s1. The molecule has 0 unspecified atom stereocenters. The summed E-state index contributed by atoms with van der Waals surface area (Å²) in [5.74, 6) is -0.125. The maximum absolute atomic E-state index is 11.6. The lowest BCUT2D eigenvalue weighted by molar-refractivity contribution is -0.120. The molecule has 3 N–H and O–H groups in total. The molecule has 0 bridgehead atoms. The lowest BCUT2D eigenvalue weighted by Gasteiger charge is -2.38. The van der Waals surface area contributed by atoms with E-state index < -0.39 is 10.0 Å². The number of nitrogens with one attached hydrogen (secondary N) is 1. The van der Waals surface area contributed by atoms with Crippen LogP contribution in [0.2, 0.25) is 0 Å². The maximum atomic E-state index is 11.6. The van der Waals surface area contributed by atoms with Crippen LogP contribution in [0.5, 0.6) is 0 Å². The highest BCUT2D eigenvalue weighted by molar-refractivity contribution is 7.88. The molecule has 1 aliphatic heterocycles. The van der Waals surface area contributed by atoms with E-state index in [0.29, 0.717) is 19.5 Å². The first-order valence-corrected chi connectivity index (χ1v) is 8.64. The van der Waals surface area contributed by atoms with E-state index in [1.165, 1.54) is 10.6 Å². The van der Waals surface area contributed by atoms with Gasteiger partial charge in [-0.15, -0.1) is 0 Å². The molecule has 1 amide bonds. The van der Waals surface area contributed by atoms with Crippen LogP contribution in [0.25, 0.3) is 0 Å². The summed E-state index contributed by atoms with van der Waals surface area (Å²) in [4.78, 5) is 11.3. The molecular weight excluding hydrogens is 266 g/mol. The summed E-state index contributed by atoms with van der Waals surface area (Å²) >= 11 is 0. The number of nitrogens with zero attached hydrogens (tertiary/aromatic N) is 1. The van der Waals surface area contributed by atoms with Crippen LogP contribution in [0, 0.1) is 5.92 Å². The van der Waals surface area contributed by atoms with Crippen LogP contribution in [-0.4, -0.2) is 50.1 Å². The zero-order chi connectivity index (χ0) is 14.6. The highest BCUT2D eigenvalue weighted by Crippen LogP contribution is 2.22. The summed E-state index contributed by atoms with van der Waals surface area (Å²) in [6.45, 7) is 4.97. The normalized spacial score (nSPS) is 27.1. The largest absolute Gasteiger partial charge is 0.368 e. The second-order valence-electron chi connectivity index (χ2n) is 5.21. The molecule has 0 aromatic rings. The Morgan fingerprint density at radius 2 is 2.11 bits per heavy atom. The van der Waals surface area contributed by atoms with Gasteiger partial charge >= 0.3 is 0 Å². The van der Waals surface area contributed by atoms with E-state index in [1.54, 1.807) is 0 Å². The third-order valence-corrected chi connectivity index (χ3v) is 5.13. The van der Waals surface area contributed by atoms with E-state index in [9.17, 15) is 13.2 Å². The van der Waals surface area contributed by atoms with Crippen molar-refractivity contribution >= 4 is 15.9 Å². The fourth-order valence-electron chi connectivity index (χ4n) is 2.59. The molecule has 0 aliphatic carbocycles. The van der Waals surface area contributed by atoms with Crippen molar-refractivity contribution in [3.63, 3.8) is 0 Å². The SMILES string of the molecule is CC[C@@H]1CN(S(C)(=O)=O)CC[C@@H]1N[C@@H](CC)C(N)=O. The fraction of sp³-hybridized carbons (Fsp3) is 0.917. The van der Waals surface area contributed by atoms with Crippen LogP contribution in [0.3, 0.4) is 0 Å². The summed E-state index contributed by atoms with van der Waals surface area (Å²) in [5, 5.41) is 3.28. The van der Waals surface area contributed by atoms with Crippen molar-refractivity contribution in [3.8, 4) is 0 Å². The quantitative estimate of drug-likeness (QED) is 0.715. The molecular formula is C12H25N3O3S. The van der Waals surface area contributed by atoms with E-state index in [2.05, 4.69) is 5.32 Å². The van der Waals surface area contributed by atoms with Crippen molar-refractivity contribution in [2.24, 2.45) is 11.7 Å². The zero-order valence-corrected chi connectivity index (χ0v) is 12.7. The topological polar surface area (TPSA) is 92.5 Å². The minimum absolute atomic E-state index is 0.153. The van der Waals surface area contributed by atoms with Crippen molar-refractivity contribution in [1.29, 1.82) is 0 Å². The first-order chi connectivity index (χ1) is 8.79. The van der Waals surface area contributed by atoms with Crippen molar-refractivity contribution < 1.29 is 13.2 Å². The molecule has 0 aromatic carbocycles. The lowest BCUT2D eigenvalue weighted by Crippen LogP contribution is -2.55. The Kier molecular flexibility index (Phi) is 5.76. The highest BCUT2D eigenvalue weighted by atomic mass is 32.2. The number of piperidine rings is 1. The lowest BCUT2D eigenvalue weighted by atomic mass is 9.90. The molecule has 0 saturated carbocycles. The third kappa shape index (κ3) is 4.43. The van der Waals surface area contributed by atoms with Crippen LogP contribution in [0.15, 0.2) is 0 Å². The van der Waals surface area contributed by atoms with Crippen LogP contribution in [-0.2, 0) is 14.8 Å². The number of primary amides is 1. The van der Waals surface area contributed by atoms with Gasteiger partial charge in [-0.3, -0.25) is 4.79 Å². The number of carbonyl (C=O) groups is 1. The van der Waals surface area contributed by atoms with Crippen LogP contribution < -0.4 is 11.1 Å². The Morgan fingerprint density at radius 3 is 2.53 bits per heavy atom. The number of carbonyl (C=O) groups excluding carboxylic acids is 1. The summed E-state index contributed by atoms with van der Waals surface area (Å²) in [6.07, 6.45) is 3.48. The van der Waals surface area contributed by atoms with E-state index in [4.69, 9.17) is 5.73 Å². The van der Waals surface area contributed by atoms with Gasteiger partial charge in [0.15, 0.2) is 0 Å². The first kappa shape index (κ1) is 16.4. The van der Waals surface area contributed by atoms with Gasteiger partial charge in [-0.25, -0.2) is 12.7 Å². The molecule has 0 spiro atoms. The molecule has 1 heterocycles. The number of sulfonamides is 1. The second kappa shape index (κ2) is 6.67. The zero-order valence-electron chi connectivity index (χ0n) is 11.9. The molecule has 1 aliphatic rings. The average molecular weight is 291 g/mol. The Bertz CT molecular complexity index is 410. The van der Waals surface area contributed by atoms with Gasteiger partial charge in [-0.1, -0.05) is 20.3 Å². The predicted molar refractivity (Wildman–Crippen MR) is 75.0 cm³/mol. The van der Waals surface area contributed by atoms with Crippen LogP contribution in [0.4, 0.5) is 0 Å². The van der Waals surface area contributed by atoms with Gasteiger partial charge in [0.25, 0.3) is 0 Å². The van der Waals surface area contributed by atoms with E-state index >= 15 is 0 Å². The summed E-state index contributed by atoms with van der Waals surface area (Å²) in [5.41, 5.74) is 5.34. The molecule has 6 nitrogen and oxygen atoms in total. The highest BCUT2D eigenvalue weighted by Gasteiger charge is 2.33. The van der Waals surface area contributed by atoms with Crippen LogP contribution in [0.1, 0.15) is 33.1 Å². The fourth-order valence-corrected chi connectivity index (χ4v) is 3.49. The van der Waals surface area contributed by atoms with Crippen molar-refractivity contribution in [2.75, 3.05) is 19.3 Å². The van der Waals surface area contributed by atoms with Gasteiger partial charge in [-0.05, 0) is 18.8 Å². The number of hydrogen-bond donors (Lipinski definition) is 2. The molecule has 3 atom stereocenters. The Morgan fingerprint density at radius 1 is 1.47 bits per heavy atom.